The number of piperidine rings is 1. The molecule has 2 N–H and O–H groups in total. The van der Waals surface area contributed by atoms with E-state index in [0.29, 0.717) is 0 Å². The summed E-state index contributed by atoms with van der Waals surface area (Å²) in [5.74, 6) is 1.51. The number of hydrogen-bond acceptors (Lipinski definition) is 3. The van der Waals surface area contributed by atoms with Gasteiger partial charge in [-0.15, -0.1) is 0 Å². The van der Waals surface area contributed by atoms with Crippen molar-refractivity contribution in [2.24, 2.45) is 17.6 Å². The van der Waals surface area contributed by atoms with Crippen molar-refractivity contribution >= 4 is 0 Å². The first-order chi connectivity index (χ1) is 10.0. The van der Waals surface area contributed by atoms with Gasteiger partial charge in [0, 0.05) is 18.1 Å². The first-order valence-electron chi connectivity index (χ1n) is 9.20. The molecule has 3 heteroatoms. The van der Waals surface area contributed by atoms with Gasteiger partial charge < -0.3 is 10.6 Å². The zero-order valence-electron chi connectivity index (χ0n) is 14.8. The molecule has 0 radical (unpaired) electrons. The monoisotopic (exact) mass is 295 g/mol. The van der Waals surface area contributed by atoms with Gasteiger partial charge in [0.1, 0.15) is 0 Å². The fourth-order valence-corrected chi connectivity index (χ4v) is 5.03. The van der Waals surface area contributed by atoms with E-state index in [0.717, 1.165) is 24.4 Å². The summed E-state index contributed by atoms with van der Waals surface area (Å²) in [7, 11) is 2.37. The smallest absolute Gasteiger partial charge is 0.0362 e. The lowest BCUT2D eigenvalue weighted by Crippen LogP contribution is -2.63. The van der Waals surface area contributed by atoms with Crippen molar-refractivity contribution in [1.82, 2.24) is 9.80 Å². The van der Waals surface area contributed by atoms with Crippen molar-refractivity contribution in [3.05, 3.63) is 0 Å². The standard InChI is InChI=1S/C18H37N3/c1-5-21-12-9-16(10-13-21)20(4)18(14-19)11-7-6-8-17(18)15(2)3/h15-17H,5-14,19H2,1-4H3. The van der Waals surface area contributed by atoms with Gasteiger partial charge in [0.2, 0.25) is 0 Å². The van der Waals surface area contributed by atoms with Crippen LogP contribution in [0.25, 0.3) is 0 Å². The van der Waals surface area contributed by atoms with Gasteiger partial charge in [-0.1, -0.05) is 33.6 Å². The second-order valence-electron chi connectivity index (χ2n) is 7.68. The van der Waals surface area contributed by atoms with E-state index in [1.165, 1.54) is 58.2 Å². The molecule has 124 valence electrons. The largest absolute Gasteiger partial charge is 0.329 e. The predicted octanol–water partition coefficient (Wildman–Crippen LogP) is 2.95. The lowest BCUT2D eigenvalue weighted by molar-refractivity contribution is -0.0376. The molecule has 2 unspecified atom stereocenters. The molecule has 0 aromatic rings. The van der Waals surface area contributed by atoms with Crippen LogP contribution < -0.4 is 5.73 Å². The van der Waals surface area contributed by atoms with Crippen LogP contribution in [0.5, 0.6) is 0 Å². The first kappa shape index (κ1) is 17.2. The Bertz CT molecular complexity index is 310. The van der Waals surface area contributed by atoms with Crippen LogP contribution in [0.2, 0.25) is 0 Å². The average Bonchev–Trinajstić information content (AvgIpc) is 2.54. The third-order valence-electron chi connectivity index (χ3n) is 6.48. The van der Waals surface area contributed by atoms with Crippen molar-refractivity contribution in [3.8, 4) is 0 Å². The van der Waals surface area contributed by atoms with E-state index in [2.05, 4.69) is 37.6 Å². The highest BCUT2D eigenvalue weighted by atomic mass is 15.2. The van der Waals surface area contributed by atoms with Crippen molar-refractivity contribution in [2.45, 2.75) is 70.9 Å². The minimum absolute atomic E-state index is 0.255. The molecule has 2 fully saturated rings. The SMILES string of the molecule is CCN1CCC(N(C)C2(CN)CCCCC2C(C)C)CC1. The van der Waals surface area contributed by atoms with Crippen LogP contribution in [0.4, 0.5) is 0 Å². The fraction of sp³-hybridized carbons (Fsp3) is 1.00. The lowest BCUT2D eigenvalue weighted by atomic mass is 9.66. The summed E-state index contributed by atoms with van der Waals surface area (Å²) >= 11 is 0. The molecule has 0 aromatic heterocycles. The van der Waals surface area contributed by atoms with Crippen molar-refractivity contribution in [1.29, 1.82) is 0 Å². The van der Waals surface area contributed by atoms with E-state index in [4.69, 9.17) is 5.73 Å². The number of likely N-dealkylation sites (tertiary alicyclic amines) is 1. The molecule has 3 nitrogen and oxygen atoms in total. The molecular formula is C18H37N3. The van der Waals surface area contributed by atoms with Crippen LogP contribution in [-0.2, 0) is 0 Å². The second kappa shape index (κ2) is 7.43. The summed E-state index contributed by atoms with van der Waals surface area (Å²) in [4.78, 5) is 5.31. The van der Waals surface area contributed by atoms with Gasteiger partial charge in [-0.05, 0) is 64.2 Å². The number of nitrogens with two attached hydrogens (primary N) is 1. The van der Waals surface area contributed by atoms with Crippen molar-refractivity contribution < 1.29 is 0 Å². The van der Waals surface area contributed by atoms with Gasteiger partial charge in [-0.2, -0.15) is 0 Å². The Hall–Kier alpha value is -0.120. The molecule has 0 spiro atoms. The Morgan fingerprint density at radius 2 is 1.86 bits per heavy atom. The summed E-state index contributed by atoms with van der Waals surface area (Å²) in [5, 5.41) is 0. The van der Waals surface area contributed by atoms with Crippen LogP contribution >= 0.6 is 0 Å². The zero-order valence-corrected chi connectivity index (χ0v) is 14.8. The molecule has 1 saturated carbocycles. The fourth-order valence-electron chi connectivity index (χ4n) is 5.03. The Balaban J connectivity index is 2.11. The maximum Gasteiger partial charge on any atom is 0.0362 e. The molecule has 2 rings (SSSR count). The molecule has 1 saturated heterocycles. The van der Waals surface area contributed by atoms with E-state index in [9.17, 15) is 0 Å². The van der Waals surface area contributed by atoms with Gasteiger partial charge >= 0.3 is 0 Å². The van der Waals surface area contributed by atoms with Gasteiger partial charge in [0.25, 0.3) is 0 Å². The predicted molar refractivity (Wildman–Crippen MR) is 91.5 cm³/mol. The molecule has 2 atom stereocenters. The minimum Gasteiger partial charge on any atom is -0.329 e. The van der Waals surface area contributed by atoms with Gasteiger partial charge in [-0.25, -0.2) is 0 Å². The van der Waals surface area contributed by atoms with Gasteiger partial charge in [0.15, 0.2) is 0 Å². The Morgan fingerprint density at radius 3 is 2.38 bits per heavy atom. The van der Waals surface area contributed by atoms with E-state index in [1.54, 1.807) is 0 Å². The maximum absolute atomic E-state index is 6.38. The highest BCUT2D eigenvalue weighted by Crippen LogP contribution is 2.43. The summed E-state index contributed by atoms with van der Waals surface area (Å²) in [6, 6.07) is 0.732. The molecular weight excluding hydrogens is 258 g/mol. The van der Waals surface area contributed by atoms with Crippen molar-refractivity contribution in [2.75, 3.05) is 33.2 Å². The van der Waals surface area contributed by atoms with E-state index in [-0.39, 0.29) is 5.54 Å². The third kappa shape index (κ3) is 3.46. The van der Waals surface area contributed by atoms with Crippen LogP contribution in [0.15, 0.2) is 0 Å². The second-order valence-corrected chi connectivity index (χ2v) is 7.68. The van der Waals surface area contributed by atoms with Crippen LogP contribution in [0.1, 0.15) is 59.3 Å². The Labute approximate surface area is 132 Å². The average molecular weight is 296 g/mol. The van der Waals surface area contributed by atoms with Gasteiger partial charge in [0.05, 0.1) is 0 Å². The zero-order chi connectivity index (χ0) is 15.5. The number of likely N-dealkylation sites (N-methyl/N-ethyl adjacent to an activating group) is 1. The van der Waals surface area contributed by atoms with Crippen LogP contribution in [-0.4, -0.2) is 54.6 Å². The lowest BCUT2D eigenvalue weighted by Gasteiger charge is -2.55. The molecule has 21 heavy (non-hydrogen) atoms. The molecule has 2 aliphatic rings. The molecule has 0 bridgehead atoms. The topological polar surface area (TPSA) is 32.5 Å². The van der Waals surface area contributed by atoms with Crippen molar-refractivity contribution in [3.63, 3.8) is 0 Å². The van der Waals surface area contributed by atoms with E-state index >= 15 is 0 Å². The van der Waals surface area contributed by atoms with Gasteiger partial charge in [-0.3, -0.25) is 4.90 Å². The minimum atomic E-state index is 0.255. The molecule has 0 amide bonds. The number of nitrogens with zero attached hydrogens (tertiary/aromatic N) is 2. The van der Waals surface area contributed by atoms with Crippen LogP contribution in [0, 0.1) is 11.8 Å². The first-order valence-corrected chi connectivity index (χ1v) is 9.20. The Morgan fingerprint density at radius 1 is 1.19 bits per heavy atom. The highest BCUT2D eigenvalue weighted by Gasteiger charge is 2.46. The highest BCUT2D eigenvalue weighted by molar-refractivity contribution is 5.02. The number of rotatable bonds is 5. The van der Waals surface area contributed by atoms with Crippen LogP contribution in [0.3, 0.4) is 0 Å². The summed E-state index contributed by atoms with van der Waals surface area (Å²) < 4.78 is 0. The summed E-state index contributed by atoms with van der Waals surface area (Å²) in [5.41, 5.74) is 6.63. The molecule has 1 aliphatic heterocycles. The quantitative estimate of drug-likeness (QED) is 0.846. The molecule has 1 heterocycles. The number of hydrogen-bond donors (Lipinski definition) is 1. The molecule has 0 aromatic carbocycles. The third-order valence-corrected chi connectivity index (χ3v) is 6.48. The van der Waals surface area contributed by atoms with E-state index < -0.39 is 0 Å². The normalized spacial score (nSPS) is 33.0. The Kier molecular flexibility index (Phi) is 6.10. The summed E-state index contributed by atoms with van der Waals surface area (Å²) in [6.45, 7) is 11.6. The molecule has 1 aliphatic carbocycles. The van der Waals surface area contributed by atoms with E-state index in [1.807, 2.05) is 0 Å². The maximum atomic E-state index is 6.38. The summed E-state index contributed by atoms with van der Waals surface area (Å²) in [6.07, 6.45) is 8.06.